The van der Waals surface area contributed by atoms with E-state index in [9.17, 15) is 0 Å². The van der Waals surface area contributed by atoms with Gasteiger partial charge in [-0.3, -0.25) is 0 Å². The third-order valence-corrected chi connectivity index (χ3v) is 1.72. The lowest BCUT2D eigenvalue weighted by Gasteiger charge is -1.94. The van der Waals surface area contributed by atoms with Crippen molar-refractivity contribution in [1.82, 2.24) is 10.3 Å². The molecule has 0 saturated heterocycles. The summed E-state index contributed by atoms with van der Waals surface area (Å²) in [4.78, 5) is 4.08. The molecule has 1 aromatic rings. The number of aliphatic hydroxyl groups excluding tert-OH is 1. The van der Waals surface area contributed by atoms with Crippen LogP contribution in [0.4, 0.5) is 0 Å². The van der Waals surface area contributed by atoms with Gasteiger partial charge >= 0.3 is 0 Å². The van der Waals surface area contributed by atoms with Gasteiger partial charge in [0.25, 0.3) is 0 Å². The largest absolute Gasteiger partial charge is 0.392 e. The number of aromatic nitrogens is 1. The number of aliphatic hydroxyl groups is 1. The van der Waals surface area contributed by atoms with Gasteiger partial charge in [-0.15, -0.1) is 0 Å². The third-order valence-electron chi connectivity index (χ3n) is 1.72. The van der Waals surface area contributed by atoms with Crippen molar-refractivity contribution < 1.29 is 5.11 Å². The topological polar surface area (TPSA) is 45.1 Å². The first kappa shape index (κ1) is 10.7. The first-order valence-electron chi connectivity index (χ1n) is 4.56. The van der Waals surface area contributed by atoms with Gasteiger partial charge in [0.2, 0.25) is 0 Å². The quantitative estimate of drug-likeness (QED) is 0.540. The Bertz CT molecular complexity index is 339. The Balaban J connectivity index is 2.60. The molecule has 1 aromatic heterocycles. The number of nitrogens with one attached hydrogen (secondary N) is 1. The summed E-state index contributed by atoms with van der Waals surface area (Å²) in [7, 11) is 1.90. The monoisotopic (exact) mass is 190 g/mol. The van der Waals surface area contributed by atoms with Gasteiger partial charge in [-0.05, 0) is 30.7 Å². The van der Waals surface area contributed by atoms with Crippen molar-refractivity contribution in [2.75, 3.05) is 13.6 Å². The fraction of sp³-hybridized carbons (Fsp3) is 0.364. The standard InChI is InChI=1S/C11H14N2O/c1-12-6-3-2-4-11-8-10(9-14)5-7-13-11/h5,7-8,12,14H,3,6,9H2,1H3. The lowest BCUT2D eigenvalue weighted by molar-refractivity contribution is 0.281. The minimum Gasteiger partial charge on any atom is -0.392 e. The van der Waals surface area contributed by atoms with E-state index in [-0.39, 0.29) is 6.61 Å². The first-order valence-corrected chi connectivity index (χ1v) is 4.56. The highest BCUT2D eigenvalue weighted by molar-refractivity contribution is 5.30. The fourth-order valence-corrected chi connectivity index (χ4v) is 0.982. The molecule has 0 aromatic carbocycles. The zero-order valence-electron chi connectivity index (χ0n) is 8.25. The van der Waals surface area contributed by atoms with Crippen LogP contribution in [0.3, 0.4) is 0 Å². The van der Waals surface area contributed by atoms with E-state index in [0.717, 1.165) is 18.5 Å². The molecule has 0 radical (unpaired) electrons. The van der Waals surface area contributed by atoms with Gasteiger partial charge in [-0.25, -0.2) is 4.98 Å². The Kier molecular flexibility index (Phi) is 4.70. The number of hydrogen-bond donors (Lipinski definition) is 2. The molecule has 1 heterocycles. The molecule has 0 spiro atoms. The van der Waals surface area contributed by atoms with Crippen molar-refractivity contribution in [3.05, 3.63) is 29.6 Å². The molecule has 0 bridgehead atoms. The lowest BCUT2D eigenvalue weighted by Crippen LogP contribution is -2.05. The van der Waals surface area contributed by atoms with Crippen LogP contribution in [0.1, 0.15) is 17.7 Å². The molecule has 2 N–H and O–H groups in total. The molecule has 0 atom stereocenters. The normalized spacial score (nSPS) is 9.29. The van der Waals surface area contributed by atoms with Crippen LogP contribution in [-0.4, -0.2) is 23.7 Å². The van der Waals surface area contributed by atoms with Gasteiger partial charge in [0.05, 0.1) is 6.61 Å². The maximum absolute atomic E-state index is 8.89. The minimum absolute atomic E-state index is 0.0354. The second-order valence-corrected chi connectivity index (χ2v) is 2.86. The van der Waals surface area contributed by atoms with Crippen LogP contribution >= 0.6 is 0 Å². The Labute approximate surface area is 84.2 Å². The highest BCUT2D eigenvalue weighted by Crippen LogP contribution is 1.99. The van der Waals surface area contributed by atoms with Crippen LogP contribution in [0.5, 0.6) is 0 Å². The number of nitrogens with zero attached hydrogens (tertiary/aromatic N) is 1. The van der Waals surface area contributed by atoms with E-state index in [2.05, 4.69) is 22.1 Å². The first-order chi connectivity index (χ1) is 6.86. The summed E-state index contributed by atoms with van der Waals surface area (Å²) in [6.45, 7) is 0.917. The summed E-state index contributed by atoms with van der Waals surface area (Å²) in [6, 6.07) is 3.57. The van der Waals surface area contributed by atoms with Gasteiger partial charge in [0.1, 0.15) is 5.69 Å². The zero-order chi connectivity index (χ0) is 10.2. The summed E-state index contributed by atoms with van der Waals surface area (Å²) in [6.07, 6.45) is 2.47. The van der Waals surface area contributed by atoms with Crippen LogP contribution in [0.25, 0.3) is 0 Å². The molecule has 0 unspecified atom stereocenters. The molecule has 3 heteroatoms. The van der Waals surface area contributed by atoms with E-state index in [4.69, 9.17) is 5.11 Å². The average Bonchev–Trinajstić information content (AvgIpc) is 2.25. The lowest BCUT2D eigenvalue weighted by atomic mass is 10.2. The van der Waals surface area contributed by atoms with Crippen LogP contribution in [0.2, 0.25) is 0 Å². The molecule has 0 aliphatic rings. The summed E-state index contributed by atoms with van der Waals surface area (Å²) >= 11 is 0. The maximum Gasteiger partial charge on any atom is 0.113 e. The van der Waals surface area contributed by atoms with Gasteiger partial charge in [0, 0.05) is 19.2 Å². The summed E-state index contributed by atoms with van der Waals surface area (Å²) in [5.41, 5.74) is 1.56. The van der Waals surface area contributed by atoms with E-state index < -0.39 is 0 Å². The van der Waals surface area contributed by atoms with E-state index in [1.54, 1.807) is 18.3 Å². The van der Waals surface area contributed by atoms with E-state index in [0.29, 0.717) is 5.69 Å². The Morgan fingerprint density at radius 1 is 1.57 bits per heavy atom. The minimum atomic E-state index is 0.0354. The van der Waals surface area contributed by atoms with E-state index >= 15 is 0 Å². The van der Waals surface area contributed by atoms with Crippen molar-refractivity contribution >= 4 is 0 Å². The smallest absolute Gasteiger partial charge is 0.113 e. The van der Waals surface area contributed by atoms with Crippen LogP contribution < -0.4 is 5.32 Å². The molecule has 0 fully saturated rings. The van der Waals surface area contributed by atoms with Gasteiger partial charge in [-0.1, -0.05) is 5.92 Å². The van der Waals surface area contributed by atoms with Crippen LogP contribution in [-0.2, 0) is 6.61 Å². The SMILES string of the molecule is CNCCC#Cc1cc(CO)ccn1. The summed E-state index contributed by atoms with van der Waals surface area (Å²) < 4.78 is 0. The average molecular weight is 190 g/mol. The fourth-order valence-electron chi connectivity index (χ4n) is 0.982. The van der Waals surface area contributed by atoms with Crippen molar-refractivity contribution in [2.24, 2.45) is 0 Å². The second-order valence-electron chi connectivity index (χ2n) is 2.86. The highest BCUT2D eigenvalue weighted by atomic mass is 16.3. The van der Waals surface area contributed by atoms with Crippen molar-refractivity contribution in [3.63, 3.8) is 0 Å². The third kappa shape index (κ3) is 3.56. The zero-order valence-corrected chi connectivity index (χ0v) is 8.25. The number of hydrogen-bond acceptors (Lipinski definition) is 3. The van der Waals surface area contributed by atoms with Gasteiger partial charge in [-0.2, -0.15) is 0 Å². The van der Waals surface area contributed by atoms with Crippen LogP contribution in [0, 0.1) is 11.8 Å². The summed E-state index contributed by atoms with van der Waals surface area (Å²) in [5, 5.41) is 11.9. The van der Waals surface area contributed by atoms with E-state index in [1.807, 2.05) is 7.05 Å². The van der Waals surface area contributed by atoms with Gasteiger partial charge in [0.15, 0.2) is 0 Å². The molecule has 0 aliphatic carbocycles. The van der Waals surface area contributed by atoms with Crippen molar-refractivity contribution in [2.45, 2.75) is 13.0 Å². The van der Waals surface area contributed by atoms with E-state index in [1.165, 1.54) is 0 Å². The maximum atomic E-state index is 8.89. The molecule has 74 valence electrons. The van der Waals surface area contributed by atoms with Gasteiger partial charge < -0.3 is 10.4 Å². The van der Waals surface area contributed by atoms with Crippen molar-refractivity contribution in [1.29, 1.82) is 0 Å². The molecule has 0 amide bonds. The van der Waals surface area contributed by atoms with Crippen LogP contribution in [0.15, 0.2) is 18.3 Å². The molecule has 1 rings (SSSR count). The molecule has 14 heavy (non-hydrogen) atoms. The molecule has 3 nitrogen and oxygen atoms in total. The van der Waals surface area contributed by atoms with Crippen molar-refractivity contribution in [3.8, 4) is 11.8 Å². The molecule has 0 aliphatic heterocycles. The Morgan fingerprint density at radius 3 is 3.14 bits per heavy atom. The Morgan fingerprint density at radius 2 is 2.43 bits per heavy atom. The molecule has 0 saturated carbocycles. The highest BCUT2D eigenvalue weighted by Gasteiger charge is 1.91. The molecular formula is C11H14N2O. The predicted molar refractivity (Wildman–Crippen MR) is 55.6 cm³/mol. The summed E-state index contributed by atoms with van der Waals surface area (Å²) in [5.74, 6) is 5.94. The number of pyridine rings is 1. The predicted octanol–water partition coefficient (Wildman–Crippen LogP) is 0.535. The second kappa shape index (κ2) is 6.14. The Hall–Kier alpha value is -1.37. The number of rotatable bonds is 3. The molecular weight excluding hydrogens is 176 g/mol.